The van der Waals surface area contributed by atoms with Crippen LogP contribution >= 0.6 is 0 Å². The summed E-state index contributed by atoms with van der Waals surface area (Å²) in [7, 11) is 0. The van der Waals surface area contributed by atoms with E-state index in [1.807, 2.05) is 0 Å². The molecule has 2 rings (SSSR count). The van der Waals surface area contributed by atoms with Gasteiger partial charge in [0.25, 0.3) is 0 Å². The number of rotatable bonds is 2. The number of guanidine groups is 1. The van der Waals surface area contributed by atoms with Crippen molar-refractivity contribution >= 4 is 5.96 Å². The SMILES string of the molecule is CC(C)CN=C(NN)N1CCCN2CCCC2C1. The minimum atomic E-state index is 0.573. The lowest BCUT2D eigenvalue weighted by Crippen LogP contribution is -2.48. The van der Waals surface area contributed by atoms with Gasteiger partial charge in [0.15, 0.2) is 0 Å². The van der Waals surface area contributed by atoms with Crippen LogP contribution in [-0.2, 0) is 0 Å². The van der Waals surface area contributed by atoms with E-state index in [1.54, 1.807) is 0 Å². The fourth-order valence-corrected chi connectivity index (χ4v) is 2.90. The Morgan fingerprint density at radius 3 is 2.83 bits per heavy atom. The molecule has 2 aliphatic rings. The van der Waals surface area contributed by atoms with Gasteiger partial charge >= 0.3 is 0 Å². The van der Waals surface area contributed by atoms with Gasteiger partial charge in [0.1, 0.15) is 0 Å². The van der Waals surface area contributed by atoms with Gasteiger partial charge in [-0.25, -0.2) is 5.84 Å². The molecule has 2 saturated heterocycles. The number of nitrogens with two attached hydrogens (primary N) is 1. The van der Waals surface area contributed by atoms with Crippen molar-refractivity contribution in [3.63, 3.8) is 0 Å². The van der Waals surface area contributed by atoms with Gasteiger partial charge in [-0.2, -0.15) is 0 Å². The maximum atomic E-state index is 5.64. The number of fused-ring (bicyclic) bond motifs is 1. The van der Waals surface area contributed by atoms with Gasteiger partial charge < -0.3 is 4.90 Å². The number of hydrogen-bond acceptors (Lipinski definition) is 3. The molecule has 2 fully saturated rings. The molecule has 0 aromatic rings. The van der Waals surface area contributed by atoms with E-state index in [4.69, 9.17) is 5.84 Å². The second kappa shape index (κ2) is 6.38. The topological polar surface area (TPSA) is 56.9 Å². The van der Waals surface area contributed by atoms with Crippen LogP contribution in [0, 0.1) is 5.92 Å². The van der Waals surface area contributed by atoms with E-state index in [1.165, 1.54) is 32.4 Å². The highest BCUT2D eigenvalue weighted by atomic mass is 15.4. The zero-order chi connectivity index (χ0) is 13.0. The smallest absolute Gasteiger partial charge is 0.208 e. The second-order valence-corrected chi connectivity index (χ2v) is 5.83. The lowest BCUT2D eigenvalue weighted by Gasteiger charge is -2.27. The van der Waals surface area contributed by atoms with E-state index in [-0.39, 0.29) is 0 Å². The quantitative estimate of drug-likeness (QED) is 0.328. The average molecular weight is 253 g/mol. The molecule has 0 aromatic heterocycles. The highest BCUT2D eigenvalue weighted by molar-refractivity contribution is 5.79. The lowest BCUT2D eigenvalue weighted by atomic mass is 10.2. The van der Waals surface area contributed by atoms with Gasteiger partial charge in [0.2, 0.25) is 5.96 Å². The molecule has 0 amide bonds. The van der Waals surface area contributed by atoms with Gasteiger partial charge in [-0.05, 0) is 31.7 Å². The first-order chi connectivity index (χ1) is 8.70. The maximum Gasteiger partial charge on any atom is 0.208 e. The van der Waals surface area contributed by atoms with Crippen LogP contribution in [0.15, 0.2) is 4.99 Å². The Morgan fingerprint density at radius 1 is 1.33 bits per heavy atom. The largest absolute Gasteiger partial charge is 0.340 e. The number of aliphatic imine (C=N–C) groups is 1. The Labute approximate surface area is 110 Å². The van der Waals surface area contributed by atoms with Crippen molar-refractivity contribution in [1.82, 2.24) is 15.2 Å². The van der Waals surface area contributed by atoms with Crippen molar-refractivity contribution in [2.45, 2.75) is 39.2 Å². The first-order valence-corrected chi connectivity index (χ1v) is 7.20. The van der Waals surface area contributed by atoms with Crippen LogP contribution in [0.3, 0.4) is 0 Å². The average Bonchev–Trinajstić information content (AvgIpc) is 2.68. The summed E-state index contributed by atoms with van der Waals surface area (Å²) in [6.07, 6.45) is 3.87. The van der Waals surface area contributed by atoms with Crippen molar-refractivity contribution in [2.24, 2.45) is 16.8 Å². The summed E-state index contributed by atoms with van der Waals surface area (Å²) in [4.78, 5) is 9.56. The highest BCUT2D eigenvalue weighted by Crippen LogP contribution is 2.21. The molecule has 18 heavy (non-hydrogen) atoms. The summed E-state index contributed by atoms with van der Waals surface area (Å²) in [5.74, 6) is 7.09. The van der Waals surface area contributed by atoms with Gasteiger partial charge in [-0.15, -0.1) is 0 Å². The molecule has 0 aliphatic carbocycles. The van der Waals surface area contributed by atoms with E-state index in [2.05, 4.69) is 34.1 Å². The van der Waals surface area contributed by atoms with E-state index >= 15 is 0 Å². The van der Waals surface area contributed by atoms with Gasteiger partial charge in [-0.3, -0.25) is 15.3 Å². The van der Waals surface area contributed by atoms with Crippen LogP contribution < -0.4 is 11.3 Å². The zero-order valence-electron chi connectivity index (χ0n) is 11.7. The van der Waals surface area contributed by atoms with Crippen molar-refractivity contribution in [1.29, 1.82) is 0 Å². The predicted molar refractivity (Wildman–Crippen MR) is 75.2 cm³/mol. The molecule has 0 aromatic carbocycles. The van der Waals surface area contributed by atoms with Gasteiger partial charge in [-0.1, -0.05) is 13.8 Å². The first-order valence-electron chi connectivity index (χ1n) is 7.20. The third kappa shape index (κ3) is 3.36. The fourth-order valence-electron chi connectivity index (χ4n) is 2.90. The maximum absolute atomic E-state index is 5.64. The Morgan fingerprint density at radius 2 is 2.11 bits per heavy atom. The summed E-state index contributed by atoms with van der Waals surface area (Å²) >= 11 is 0. The molecule has 3 N–H and O–H groups in total. The summed E-state index contributed by atoms with van der Waals surface area (Å²) in [6.45, 7) is 9.83. The molecular weight excluding hydrogens is 226 g/mol. The van der Waals surface area contributed by atoms with Crippen LogP contribution in [0.5, 0.6) is 0 Å². The van der Waals surface area contributed by atoms with Crippen molar-refractivity contribution in [3.05, 3.63) is 0 Å². The molecule has 1 atom stereocenters. The zero-order valence-corrected chi connectivity index (χ0v) is 11.7. The first kappa shape index (κ1) is 13.6. The molecule has 2 heterocycles. The third-order valence-electron chi connectivity index (χ3n) is 3.84. The summed E-state index contributed by atoms with van der Waals surface area (Å²) in [5, 5.41) is 0. The molecule has 2 aliphatic heterocycles. The van der Waals surface area contributed by atoms with E-state index in [9.17, 15) is 0 Å². The minimum absolute atomic E-state index is 0.573. The number of hydrogen-bond donors (Lipinski definition) is 2. The molecule has 0 spiro atoms. The Hall–Kier alpha value is -0.810. The second-order valence-electron chi connectivity index (χ2n) is 5.83. The van der Waals surface area contributed by atoms with E-state index in [0.717, 1.165) is 25.6 Å². The fraction of sp³-hybridized carbons (Fsp3) is 0.923. The van der Waals surface area contributed by atoms with Crippen molar-refractivity contribution in [2.75, 3.05) is 32.7 Å². The summed E-state index contributed by atoms with van der Waals surface area (Å²) < 4.78 is 0. The van der Waals surface area contributed by atoms with Crippen LogP contribution in [0.25, 0.3) is 0 Å². The normalized spacial score (nSPS) is 26.3. The molecule has 0 bridgehead atoms. The molecule has 0 saturated carbocycles. The van der Waals surface area contributed by atoms with Crippen molar-refractivity contribution < 1.29 is 0 Å². The van der Waals surface area contributed by atoms with Crippen LogP contribution in [-0.4, -0.2) is 54.5 Å². The molecular formula is C13H27N5. The summed E-state index contributed by atoms with van der Waals surface area (Å²) in [6, 6.07) is 0.699. The Balaban J connectivity index is 1.99. The molecule has 0 radical (unpaired) electrons. The predicted octanol–water partition coefficient (Wildman–Crippen LogP) is 0.632. The van der Waals surface area contributed by atoms with E-state index < -0.39 is 0 Å². The van der Waals surface area contributed by atoms with Crippen molar-refractivity contribution in [3.8, 4) is 0 Å². The Bertz CT molecular complexity index is 289. The highest BCUT2D eigenvalue weighted by Gasteiger charge is 2.29. The number of nitrogens with one attached hydrogen (secondary N) is 1. The lowest BCUT2D eigenvalue weighted by molar-refractivity contribution is 0.254. The van der Waals surface area contributed by atoms with Crippen LogP contribution in [0.4, 0.5) is 0 Å². The standard InChI is InChI=1S/C13H27N5/c1-11(2)9-15-13(16-14)18-8-4-7-17-6-3-5-12(17)10-18/h11-12H,3-10,14H2,1-2H3,(H,15,16). The molecule has 5 nitrogen and oxygen atoms in total. The van der Waals surface area contributed by atoms with Gasteiger partial charge in [0, 0.05) is 32.2 Å². The number of nitrogens with zero attached hydrogens (tertiary/aromatic N) is 3. The molecule has 5 heteroatoms. The van der Waals surface area contributed by atoms with E-state index in [0.29, 0.717) is 12.0 Å². The minimum Gasteiger partial charge on any atom is -0.340 e. The van der Waals surface area contributed by atoms with Gasteiger partial charge in [0.05, 0.1) is 0 Å². The summed E-state index contributed by atoms with van der Waals surface area (Å²) in [5.41, 5.74) is 2.79. The third-order valence-corrected chi connectivity index (χ3v) is 3.84. The monoisotopic (exact) mass is 253 g/mol. The van der Waals surface area contributed by atoms with Crippen LogP contribution in [0.1, 0.15) is 33.1 Å². The Kier molecular flexibility index (Phi) is 4.83. The molecule has 104 valence electrons. The molecule has 1 unspecified atom stereocenters. The number of hydrazine groups is 1. The van der Waals surface area contributed by atoms with Crippen LogP contribution in [0.2, 0.25) is 0 Å².